The van der Waals surface area contributed by atoms with Crippen LogP contribution >= 0.6 is 22.9 Å². The summed E-state index contributed by atoms with van der Waals surface area (Å²) in [5.41, 5.74) is 4.96. The van der Waals surface area contributed by atoms with E-state index in [2.05, 4.69) is 46.6 Å². The fourth-order valence-corrected chi connectivity index (χ4v) is 4.95. The first-order chi connectivity index (χ1) is 15.5. The molecular formula is C25H26ClN3O2S. The van der Waals surface area contributed by atoms with E-state index < -0.39 is 0 Å². The molecule has 0 bridgehead atoms. The molecule has 32 heavy (non-hydrogen) atoms. The molecule has 0 saturated carbocycles. The van der Waals surface area contributed by atoms with Crippen molar-refractivity contribution in [2.24, 2.45) is 7.05 Å². The summed E-state index contributed by atoms with van der Waals surface area (Å²) in [7, 11) is 3.72. The Hall–Kier alpha value is -2.80. The van der Waals surface area contributed by atoms with E-state index in [9.17, 15) is 4.79 Å². The first-order valence-electron chi connectivity index (χ1n) is 10.4. The van der Waals surface area contributed by atoms with Crippen molar-refractivity contribution in [3.05, 3.63) is 76.1 Å². The maximum atomic E-state index is 13.3. The average molecular weight is 468 g/mol. The third-order valence-electron chi connectivity index (χ3n) is 5.68. The zero-order valence-corrected chi connectivity index (χ0v) is 20.0. The molecule has 2 amide bonds. The van der Waals surface area contributed by atoms with Crippen LogP contribution in [-0.4, -0.2) is 35.8 Å². The number of rotatable bonds is 7. The Morgan fingerprint density at radius 1 is 1.16 bits per heavy atom. The number of ether oxygens (including phenoxy) is 1. The molecule has 166 valence electrons. The minimum atomic E-state index is -0.183. The Morgan fingerprint density at radius 2 is 1.97 bits per heavy atom. The van der Waals surface area contributed by atoms with E-state index in [1.54, 1.807) is 23.3 Å². The van der Waals surface area contributed by atoms with Crippen LogP contribution in [0.15, 0.2) is 60.0 Å². The molecule has 0 aliphatic heterocycles. The van der Waals surface area contributed by atoms with Crippen LogP contribution in [0.4, 0.5) is 10.5 Å². The Labute approximate surface area is 197 Å². The number of anilines is 1. The number of halogens is 1. The SMILES string of the molecule is COCCN(Cc1c(-c2cccs2)n(C)c2ccccc12)C(=O)Nc1cccc(Cl)c1C. The van der Waals surface area contributed by atoms with Gasteiger partial charge in [0.25, 0.3) is 0 Å². The number of methoxy groups -OCH3 is 1. The van der Waals surface area contributed by atoms with Crippen LogP contribution in [0.25, 0.3) is 21.5 Å². The van der Waals surface area contributed by atoms with Crippen molar-refractivity contribution in [2.45, 2.75) is 13.5 Å². The molecule has 0 fully saturated rings. The van der Waals surface area contributed by atoms with Gasteiger partial charge < -0.3 is 19.5 Å². The minimum Gasteiger partial charge on any atom is -0.383 e. The number of aryl methyl sites for hydroxylation is 1. The topological polar surface area (TPSA) is 46.5 Å². The lowest BCUT2D eigenvalue weighted by Gasteiger charge is -2.24. The maximum absolute atomic E-state index is 13.3. The quantitative estimate of drug-likeness (QED) is 0.335. The van der Waals surface area contributed by atoms with E-state index in [1.807, 2.05) is 37.3 Å². The summed E-state index contributed by atoms with van der Waals surface area (Å²) in [6.45, 7) is 3.27. The van der Waals surface area contributed by atoms with E-state index in [-0.39, 0.29) is 6.03 Å². The Kier molecular flexibility index (Phi) is 6.84. The molecule has 4 rings (SSSR count). The van der Waals surface area contributed by atoms with Gasteiger partial charge in [0.15, 0.2) is 0 Å². The van der Waals surface area contributed by atoms with E-state index in [0.717, 1.165) is 27.7 Å². The van der Waals surface area contributed by atoms with E-state index in [1.165, 1.54) is 4.88 Å². The molecule has 1 N–H and O–H groups in total. The van der Waals surface area contributed by atoms with Gasteiger partial charge in [0.1, 0.15) is 0 Å². The fraction of sp³-hybridized carbons (Fsp3) is 0.240. The van der Waals surface area contributed by atoms with Crippen LogP contribution in [0.3, 0.4) is 0 Å². The predicted octanol–water partition coefficient (Wildman–Crippen LogP) is 6.55. The first-order valence-corrected chi connectivity index (χ1v) is 11.7. The Morgan fingerprint density at radius 3 is 2.72 bits per heavy atom. The zero-order chi connectivity index (χ0) is 22.7. The number of amides is 2. The van der Waals surface area contributed by atoms with Gasteiger partial charge in [-0.1, -0.05) is 41.9 Å². The summed E-state index contributed by atoms with van der Waals surface area (Å²) in [6, 6.07) is 17.8. The summed E-state index contributed by atoms with van der Waals surface area (Å²) in [5, 5.41) is 6.88. The molecule has 7 heteroatoms. The van der Waals surface area contributed by atoms with Crippen molar-refractivity contribution < 1.29 is 9.53 Å². The van der Waals surface area contributed by atoms with Crippen LogP contribution in [0.2, 0.25) is 5.02 Å². The van der Waals surface area contributed by atoms with Gasteiger partial charge in [0.05, 0.1) is 23.7 Å². The maximum Gasteiger partial charge on any atom is 0.322 e. The Bertz CT molecular complexity index is 1230. The van der Waals surface area contributed by atoms with Gasteiger partial charge in [0, 0.05) is 47.9 Å². The number of nitrogens with one attached hydrogen (secondary N) is 1. The lowest BCUT2D eigenvalue weighted by Crippen LogP contribution is -2.37. The van der Waals surface area contributed by atoms with Gasteiger partial charge in [-0.25, -0.2) is 4.79 Å². The molecule has 0 spiro atoms. The predicted molar refractivity (Wildman–Crippen MR) is 134 cm³/mol. The van der Waals surface area contributed by atoms with E-state index >= 15 is 0 Å². The van der Waals surface area contributed by atoms with Gasteiger partial charge >= 0.3 is 6.03 Å². The first kappa shape index (κ1) is 22.4. The normalized spacial score (nSPS) is 11.1. The third-order valence-corrected chi connectivity index (χ3v) is 6.96. The highest BCUT2D eigenvalue weighted by Gasteiger charge is 2.22. The Balaban J connectivity index is 1.72. The van der Waals surface area contributed by atoms with Crippen LogP contribution in [0.1, 0.15) is 11.1 Å². The standard InChI is InChI=1S/C25H26ClN3O2S/c1-17-20(26)9-6-10-21(17)27-25(30)29(13-14-31-3)16-19-18-8-4-5-11-22(18)28(2)24(19)23-12-7-15-32-23/h4-12,15H,13-14,16H2,1-3H3,(H,27,30). The largest absolute Gasteiger partial charge is 0.383 e. The summed E-state index contributed by atoms with van der Waals surface area (Å²) in [6.07, 6.45) is 0. The highest BCUT2D eigenvalue weighted by atomic mass is 35.5. The second-order valence-corrected chi connectivity index (χ2v) is 8.99. The molecule has 5 nitrogen and oxygen atoms in total. The summed E-state index contributed by atoms with van der Waals surface area (Å²) in [4.78, 5) is 16.3. The number of para-hydroxylation sites is 1. The number of thiophene rings is 1. The van der Waals surface area contributed by atoms with Crippen LogP contribution in [0.5, 0.6) is 0 Å². The number of carbonyl (C=O) groups excluding carboxylic acids is 1. The van der Waals surface area contributed by atoms with Crippen molar-refractivity contribution in [1.82, 2.24) is 9.47 Å². The number of hydrogen-bond donors (Lipinski definition) is 1. The lowest BCUT2D eigenvalue weighted by molar-refractivity contribution is 0.153. The highest BCUT2D eigenvalue weighted by molar-refractivity contribution is 7.13. The van der Waals surface area contributed by atoms with Gasteiger partial charge in [-0.15, -0.1) is 11.3 Å². The van der Waals surface area contributed by atoms with Crippen LogP contribution in [0, 0.1) is 6.92 Å². The lowest BCUT2D eigenvalue weighted by atomic mass is 10.1. The number of fused-ring (bicyclic) bond motifs is 1. The summed E-state index contributed by atoms with van der Waals surface area (Å²) >= 11 is 7.95. The van der Waals surface area contributed by atoms with E-state index in [0.29, 0.717) is 30.4 Å². The molecule has 0 unspecified atom stereocenters. The molecule has 0 aliphatic carbocycles. The van der Waals surface area contributed by atoms with Gasteiger partial charge in [0.2, 0.25) is 0 Å². The molecule has 0 aliphatic rings. The van der Waals surface area contributed by atoms with Gasteiger partial charge in [-0.05, 0) is 42.1 Å². The molecule has 0 saturated heterocycles. The van der Waals surface area contributed by atoms with Gasteiger partial charge in [-0.3, -0.25) is 0 Å². The smallest absolute Gasteiger partial charge is 0.322 e. The van der Waals surface area contributed by atoms with Crippen LogP contribution < -0.4 is 5.32 Å². The second kappa shape index (κ2) is 9.77. The van der Waals surface area contributed by atoms with Crippen molar-refractivity contribution in [1.29, 1.82) is 0 Å². The molecule has 4 aromatic rings. The minimum absolute atomic E-state index is 0.183. The second-order valence-electron chi connectivity index (χ2n) is 7.64. The molecular weight excluding hydrogens is 442 g/mol. The van der Waals surface area contributed by atoms with Gasteiger partial charge in [-0.2, -0.15) is 0 Å². The van der Waals surface area contributed by atoms with E-state index in [4.69, 9.17) is 16.3 Å². The number of urea groups is 1. The summed E-state index contributed by atoms with van der Waals surface area (Å²) in [5.74, 6) is 0. The molecule has 2 heterocycles. The third kappa shape index (κ3) is 4.39. The summed E-state index contributed by atoms with van der Waals surface area (Å²) < 4.78 is 7.51. The monoisotopic (exact) mass is 467 g/mol. The highest BCUT2D eigenvalue weighted by Crippen LogP contribution is 2.36. The number of aromatic nitrogens is 1. The number of carbonyl (C=O) groups is 1. The van der Waals surface area contributed by atoms with Crippen LogP contribution in [-0.2, 0) is 18.3 Å². The van der Waals surface area contributed by atoms with Crippen molar-refractivity contribution in [2.75, 3.05) is 25.6 Å². The average Bonchev–Trinajstić information content (AvgIpc) is 3.41. The fourth-order valence-electron chi connectivity index (χ4n) is 3.94. The van der Waals surface area contributed by atoms with Crippen molar-refractivity contribution in [3.8, 4) is 10.6 Å². The van der Waals surface area contributed by atoms with Crippen molar-refractivity contribution in [3.63, 3.8) is 0 Å². The molecule has 0 radical (unpaired) electrons. The molecule has 0 atom stereocenters. The number of nitrogens with zero attached hydrogens (tertiary/aromatic N) is 2. The number of benzene rings is 2. The zero-order valence-electron chi connectivity index (χ0n) is 18.4. The molecule has 2 aromatic heterocycles. The number of hydrogen-bond acceptors (Lipinski definition) is 3. The van der Waals surface area contributed by atoms with Crippen molar-refractivity contribution >= 4 is 45.6 Å². The molecule has 2 aromatic carbocycles.